The number of allylic oxidation sites excluding steroid dienone is 5. The van der Waals surface area contributed by atoms with Gasteiger partial charge in [-0.25, -0.2) is 19.0 Å². The highest BCUT2D eigenvalue weighted by molar-refractivity contribution is 5.90. The van der Waals surface area contributed by atoms with Crippen LogP contribution < -0.4 is 11.3 Å². The fourth-order valence-corrected chi connectivity index (χ4v) is 3.87. The maximum atomic E-state index is 15.0. The van der Waals surface area contributed by atoms with Crippen molar-refractivity contribution >= 4 is 33.3 Å². The Balaban J connectivity index is 2.07. The fraction of sp³-hybridized carbons (Fsp3) is 0.125. The van der Waals surface area contributed by atoms with Crippen LogP contribution in [0.4, 0.5) is 10.2 Å². The van der Waals surface area contributed by atoms with Crippen LogP contribution >= 0.6 is 0 Å². The van der Waals surface area contributed by atoms with E-state index in [0.717, 1.165) is 5.56 Å². The summed E-state index contributed by atoms with van der Waals surface area (Å²) in [6.45, 7) is 7.24. The average molecular weight is 441 g/mol. The summed E-state index contributed by atoms with van der Waals surface area (Å²) in [5.41, 5.74) is 7.15. The molecule has 3 heterocycles. The van der Waals surface area contributed by atoms with Crippen molar-refractivity contribution in [1.29, 1.82) is 5.26 Å². The number of nitrogen functional groups attached to an aromatic ring is 1. The van der Waals surface area contributed by atoms with Gasteiger partial charge in [-0.2, -0.15) is 10.4 Å². The fourth-order valence-electron chi connectivity index (χ4n) is 3.87. The van der Waals surface area contributed by atoms with E-state index in [4.69, 9.17) is 5.73 Å². The van der Waals surface area contributed by atoms with Gasteiger partial charge in [-0.05, 0) is 43.0 Å². The van der Waals surface area contributed by atoms with Crippen molar-refractivity contribution in [2.24, 2.45) is 0 Å². The number of aromatic nitrogens is 5. The highest BCUT2D eigenvalue weighted by Crippen LogP contribution is 2.25. The summed E-state index contributed by atoms with van der Waals surface area (Å²) in [5, 5.41) is 15.3. The Hall–Kier alpha value is -4.58. The van der Waals surface area contributed by atoms with Gasteiger partial charge in [0.05, 0.1) is 23.0 Å². The second kappa shape index (κ2) is 8.51. The predicted octanol–water partition coefficient (Wildman–Crippen LogP) is 3.85. The molecular weight excluding hydrogens is 421 g/mol. The molecule has 0 radical (unpaired) electrons. The van der Waals surface area contributed by atoms with Crippen LogP contribution in [0, 0.1) is 18.3 Å². The number of anilines is 1. The lowest BCUT2D eigenvalue weighted by Crippen LogP contribution is -2.25. The monoisotopic (exact) mass is 441 g/mol. The van der Waals surface area contributed by atoms with Gasteiger partial charge in [-0.3, -0.25) is 9.36 Å². The van der Waals surface area contributed by atoms with Crippen LogP contribution in [0.25, 0.3) is 27.5 Å². The molecule has 8 nitrogen and oxygen atoms in total. The number of halogens is 1. The highest BCUT2D eigenvalue weighted by Gasteiger charge is 2.20. The first-order valence-corrected chi connectivity index (χ1v) is 10.1. The molecule has 33 heavy (non-hydrogen) atoms. The van der Waals surface area contributed by atoms with Gasteiger partial charge in [0.15, 0.2) is 11.3 Å². The minimum atomic E-state index is -0.613. The molecule has 0 saturated carbocycles. The minimum absolute atomic E-state index is 0.00404. The number of rotatable bonds is 5. The first-order chi connectivity index (χ1) is 15.9. The Labute approximate surface area is 188 Å². The molecule has 0 aliphatic carbocycles. The number of hydrogen-bond donors (Lipinski definition) is 1. The molecule has 0 atom stereocenters. The summed E-state index contributed by atoms with van der Waals surface area (Å²) < 4.78 is 17.7. The van der Waals surface area contributed by atoms with E-state index >= 15 is 0 Å². The number of hydrogen-bond acceptors (Lipinski definition) is 6. The Bertz CT molecular complexity index is 1580. The quantitative estimate of drug-likeness (QED) is 0.470. The maximum Gasteiger partial charge on any atom is 0.263 e. The second-order valence-electron chi connectivity index (χ2n) is 7.33. The normalized spacial score (nSPS) is 12.3. The van der Waals surface area contributed by atoms with E-state index in [1.807, 2.05) is 31.2 Å². The zero-order valence-electron chi connectivity index (χ0n) is 18.1. The third-order valence-electron chi connectivity index (χ3n) is 5.30. The molecule has 0 fully saturated rings. The second-order valence-corrected chi connectivity index (χ2v) is 7.33. The SMILES string of the molecule is C=C/C(=C(F)\C=C/C)n1c(Cn2nc(C#N)c3c(N)ncnc32)cc2cccc(C)c2c1=O. The molecule has 4 rings (SSSR count). The summed E-state index contributed by atoms with van der Waals surface area (Å²) >= 11 is 0. The number of benzene rings is 1. The van der Waals surface area contributed by atoms with Crippen LogP contribution in [0.1, 0.15) is 23.9 Å². The Kier molecular flexibility index (Phi) is 5.58. The molecule has 0 amide bonds. The van der Waals surface area contributed by atoms with Crippen molar-refractivity contribution in [3.8, 4) is 6.07 Å². The van der Waals surface area contributed by atoms with Crippen molar-refractivity contribution in [3.63, 3.8) is 0 Å². The minimum Gasteiger partial charge on any atom is -0.383 e. The molecule has 0 spiro atoms. The van der Waals surface area contributed by atoms with Crippen molar-refractivity contribution in [2.75, 3.05) is 5.73 Å². The van der Waals surface area contributed by atoms with Gasteiger partial charge in [-0.1, -0.05) is 30.9 Å². The van der Waals surface area contributed by atoms with Gasteiger partial charge >= 0.3 is 0 Å². The topological polar surface area (TPSA) is 115 Å². The molecule has 0 unspecified atom stereocenters. The van der Waals surface area contributed by atoms with Gasteiger partial charge in [0.1, 0.15) is 24.0 Å². The van der Waals surface area contributed by atoms with E-state index in [1.165, 1.54) is 33.8 Å². The number of pyridine rings is 1. The summed E-state index contributed by atoms with van der Waals surface area (Å²) in [6.07, 6.45) is 5.37. The van der Waals surface area contributed by atoms with Gasteiger partial charge in [0, 0.05) is 5.69 Å². The van der Waals surface area contributed by atoms with Crippen molar-refractivity contribution < 1.29 is 4.39 Å². The lowest BCUT2D eigenvalue weighted by Gasteiger charge is -2.17. The average Bonchev–Trinajstić information content (AvgIpc) is 3.15. The van der Waals surface area contributed by atoms with E-state index in [2.05, 4.69) is 21.6 Å². The van der Waals surface area contributed by atoms with Gasteiger partial charge in [-0.15, -0.1) is 0 Å². The first kappa shape index (κ1) is 21.6. The zero-order valence-corrected chi connectivity index (χ0v) is 18.1. The lowest BCUT2D eigenvalue weighted by atomic mass is 10.1. The number of nitrogens with two attached hydrogens (primary N) is 1. The molecule has 0 aliphatic rings. The van der Waals surface area contributed by atoms with Crippen LogP contribution in [-0.2, 0) is 6.54 Å². The smallest absolute Gasteiger partial charge is 0.263 e. The van der Waals surface area contributed by atoms with Crippen LogP contribution in [0.2, 0.25) is 0 Å². The first-order valence-electron chi connectivity index (χ1n) is 10.1. The van der Waals surface area contributed by atoms with E-state index in [0.29, 0.717) is 27.5 Å². The third-order valence-corrected chi connectivity index (χ3v) is 5.30. The Morgan fingerprint density at radius 3 is 2.82 bits per heavy atom. The molecule has 9 heteroatoms. The van der Waals surface area contributed by atoms with Gasteiger partial charge in [0.2, 0.25) is 0 Å². The van der Waals surface area contributed by atoms with E-state index in [9.17, 15) is 14.4 Å². The number of nitrogens with zero attached hydrogens (tertiary/aromatic N) is 6. The molecule has 164 valence electrons. The number of nitriles is 1. The molecule has 0 saturated heterocycles. The maximum absolute atomic E-state index is 15.0. The summed E-state index contributed by atoms with van der Waals surface area (Å²) in [5.74, 6) is -0.487. The predicted molar refractivity (Wildman–Crippen MR) is 126 cm³/mol. The molecule has 0 bridgehead atoms. The van der Waals surface area contributed by atoms with E-state index < -0.39 is 5.83 Å². The zero-order chi connectivity index (χ0) is 23.7. The molecule has 2 N–H and O–H groups in total. The lowest BCUT2D eigenvalue weighted by molar-refractivity contribution is 0.647. The number of fused-ring (bicyclic) bond motifs is 2. The molecule has 3 aromatic heterocycles. The third kappa shape index (κ3) is 3.57. The van der Waals surface area contributed by atoms with E-state index in [-0.39, 0.29) is 29.3 Å². The van der Waals surface area contributed by atoms with Crippen molar-refractivity contribution in [3.05, 3.63) is 88.5 Å². The standard InChI is InChI=1S/C24H20FN7O/c1-4-7-17(25)19(5-2)32-16(10-15-9-6-8-14(3)20(15)24(32)33)12-31-23-21(18(11-26)30-31)22(27)28-13-29-23/h4-10,13H,2,12H2,1,3H3,(H2,27,28,29)/b7-4-,19-17-. The van der Waals surface area contributed by atoms with Crippen LogP contribution in [0.3, 0.4) is 0 Å². The van der Waals surface area contributed by atoms with Crippen LogP contribution in [0.15, 0.2) is 66.0 Å². The largest absolute Gasteiger partial charge is 0.383 e. The molecule has 4 aromatic rings. The van der Waals surface area contributed by atoms with Crippen molar-refractivity contribution in [1.82, 2.24) is 24.3 Å². The van der Waals surface area contributed by atoms with Gasteiger partial charge < -0.3 is 5.73 Å². The van der Waals surface area contributed by atoms with Crippen LogP contribution in [0.5, 0.6) is 0 Å². The van der Waals surface area contributed by atoms with Crippen LogP contribution in [-0.4, -0.2) is 24.3 Å². The number of aryl methyl sites for hydroxylation is 1. The van der Waals surface area contributed by atoms with Gasteiger partial charge in [0.25, 0.3) is 5.56 Å². The highest BCUT2D eigenvalue weighted by atomic mass is 19.1. The summed E-state index contributed by atoms with van der Waals surface area (Å²) in [7, 11) is 0. The summed E-state index contributed by atoms with van der Waals surface area (Å²) in [6, 6.07) is 9.28. The molecule has 1 aromatic carbocycles. The Morgan fingerprint density at radius 1 is 1.33 bits per heavy atom. The van der Waals surface area contributed by atoms with Crippen molar-refractivity contribution in [2.45, 2.75) is 20.4 Å². The molecule has 0 aliphatic heterocycles. The Morgan fingerprint density at radius 2 is 2.12 bits per heavy atom. The molecular formula is C24H20FN7O. The summed E-state index contributed by atoms with van der Waals surface area (Å²) in [4.78, 5) is 21.8. The van der Waals surface area contributed by atoms with E-state index in [1.54, 1.807) is 13.0 Å².